The third-order valence-electron chi connectivity index (χ3n) is 3.80. The average molecular weight is 351 g/mol. The van der Waals surface area contributed by atoms with E-state index < -0.39 is 0 Å². The van der Waals surface area contributed by atoms with Gasteiger partial charge in [-0.3, -0.25) is 4.98 Å². The molecule has 7 heteroatoms. The van der Waals surface area contributed by atoms with Gasteiger partial charge in [-0.05, 0) is 53.9 Å². The van der Waals surface area contributed by atoms with E-state index in [0.29, 0.717) is 11.1 Å². The number of hydrazine groups is 2. The minimum atomic E-state index is -0.129. The van der Waals surface area contributed by atoms with E-state index in [-0.39, 0.29) is 5.54 Å². The van der Waals surface area contributed by atoms with Gasteiger partial charge in [0.1, 0.15) is 5.82 Å². The van der Waals surface area contributed by atoms with E-state index in [1.54, 1.807) is 12.3 Å². The molecule has 2 aromatic rings. The summed E-state index contributed by atoms with van der Waals surface area (Å²) in [5.74, 6) is 0.492. The van der Waals surface area contributed by atoms with Crippen LogP contribution in [0.5, 0.6) is 0 Å². The van der Waals surface area contributed by atoms with Crippen LogP contribution in [0.15, 0.2) is 28.9 Å². The Hall–Kier alpha value is -1.28. The molecule has 21 heavy (non-hydrogen) atoms. The third kappa shape index (κ3) is 3.49. The second-order valence-corrected chi connectivity index (χ2v) is 6.59. The van der Waals surface area contributed by atoms with Crippen molar-refractivity contribution in [2.75, 3.05) is 5.43 Å². The Labute approximate surface area is 131 Å². The zero-order chi connectivity index (χ0) is 14.9. The van der Waals surface area contributed by atoms with Crippen LogP contribution in [0, 0.1) is 5.21 Å². The van der Waals surface area contributed by atoms with E-state index in [1.807, 2.05) is 12.1 Å². The summed E-state index contributed by atoms with van der Waals surface area (Å²) in [4.78, 5) is 8.64. The highest BCUT2D eigenvalue weighted by molar-refractivity contribution is 9.10. The third-order valence-corrected chi connectivity index (χ3v) is 4.23. The monoisotopic (exact) mass is 350 g/mol. The maximum atomic E-state index is 12.0. The first-order valence-corrected chi connectivity index (χ1v) is 7.77. The van der Waals surface area contributed by atoms with Crippen molar-refractivity contribution in [3.05, 3.63) is 34.1 Å². The van der Waals surface area contributed by atoms with Crippen molar-refractivity contribution < 1.29 is 0 Å². The number of rotatable bonds is 4. The molecule has 0 saturated heterocycles. The molecule has 0 aromatic carbocycles. The van der Waals surface area contributed by atoms with Crippen molar-refractivity contribution in [2.45, 2.75) is 38.1 Å². The van der Waals surface area contributed by atoms with Crippen LogP contribution in [-0.4, -0.2) is 20.8 Å². The molecule has 1 aliphatic carbocycles. The van der Waals surface area contributed by atoms with Crippen LogP contribution in [0.2, 0.25) is 0 Å². The summed E-state index contributed by atoms with van der Waals surface area (Å²) < 4.78 is 0.857. The van der Waals surface area contributed by atoms with Gasteiger partial charge in [-0.15, -0.1) is 0 Å². The molecule has 0 spiro atoms. The van der Waals surface area contributed by atoms with Crippen LogP contribution in [0.3, 0.4) is 0 Å². The van der Waals surface area contributed by atoms with Crippen molar-refractivity contribution in [3.63, 3.8) is 0 Å². The summed E-state index contributed by atoms with van der Waals surface area (Å²) in [7, 11) is 0. The van der Waals surface area contributed by atoms with E-state index in [2.05, 4.69) is 43.7 Å². The molecule has 3 rings (SSSR count). The number of pyridine rings is 2. The first-order chi connectivity index (χ1) is 10.0. The first kappa shape index (κ1) is 14.6. The lowest BCUT2D eigenvalue weighted by atomic mass is 10.0. The predicted molar refractivity (Wildman–Crippen MR) is 86.1 cm³/mol. The number of halogens is 1. The number of nitrogens with one attached hydrogen (secondary N) is 2. The topological polar surface area (TPSA) is 76.1 Å². The lowest BCUT2D eigenvalue weighted by Gasteiger charge is -2.38. The van der Waals surface area contributed by atoms with Crippen molar-refractivity contribution in [3.8, 4) is 0 Å². The van der Waals surface area contributed by atoms with Crippen LogP contribution >= 0.6 is 15.9 Å². The maximum absolute atomic E-state index is 12.0. The Kier molecular flexibility index (Phi) is 4.08. The molecule has 0 aliphatic heterocycles. The molecule has 0 bridgehead atoms. The van der Waals surface area contributed by atoms with Gasteiger partial charge in [-0.2, -0.15) is 0 Å². The molecular formula is C14H17BrN5O-. The molecule has 1 fully saturated rings. The van der Waals surface area contributed by atoms with E-state index in [1.165, 1.54) is 0 Å². The normalized spacial score (nSPS) is 17.5. The van der Waals surface area contributed by atoms with Gasteiger partial charge >= 0.3 is 0 Å². The van der Waals surface area contributed by atoms with Crippen molar-refractivity contribution in [1.29, 1.82) is 0 Å². The quantitative estimate of drug-likeness (QED) is 0.823. The molecule has 1 saturated carbocycles. The summed E-state index contributed by atoms with van der Waals surface area (Å²) >= 11 is 3.37. The molecule has 6 nitrogen and oxygen atoms in total. The molecular weight excluding hydrogens is 334 g/mol. The van der Waals surface area contributed by atoms with E-state index >= 15 is 0 Å². The number of nitrogens with zero attached hydrogens (tertiary/aromatic N) is 3. The van der Waals surface area contributed by atoms with Crippen LogP contribution in [-0.2, 0) is 0 Å². The van der Waals surface area contributed by atoms with Crippen LogP contribution in [0.1, 0.15) is 32.6 Å². The van der Waals surface area contributed by atoms with Gasteiger partial charge in [0.25, 0.3) is 0 Å². The number of fused-ring (bicyclic) bond motifs is 1. The van der Waals surface area contributed by atoms with Gasteiger partial charge < -0.3 is 10.6 Å². The van der Waals surface area contributed by atoms with Crippen molar-refractivity contribution in [2.24, 2.45) is 0 Å². The van der Waals surface area contributed by atoms with Gasteiger partial charge in [0, 0.05) is 16.2 Å². The molecule has 2 N–H and O–H groups in total. The fourth-order valence-electron chi connectivity index (χ4n) is 2.69. The Balaban J connectivity index is 1.72. The molecule has 0 unspecified atom stereocenters. The van der Waals surface area contributed by atoms with Crippen LogP contribution in [0.4, 0.5) is 5.82 Å². The summed E-state index contributed by atoms with van der Waals surface area (Å²) in [6.45, 7) is 2.07. The minimum Gasteiger partial charge on any atom is -0.753 e. The Bertz CT molecular complexity index is 644. The second-order valence-electron chi connectivity index (χ2n) is 5.67. The predicted octanol–water partition coefficient (Wildman–Crippen LogP) is 3.36. The minimum absolute atomic E-state index is 0.129. The maximum Gasteiger partial charge on any atom is 0.141 e. The highest BCUT2D eigenvalue weighted by Gasteiger charge is 2.28. The van der Waals surface area contributed by atoms with E-state index in [4.69, 9.17) is 0 Å². The van der Waals surface area contributed by atoms with Crippen LogP contribution in [0.25, 0.3) is 11.0 Å². The molecule has 1 aliphatic rings. The average Bonchev–Trinajstić information content (AvgIpc) is 2.84. The molecule has 112 valence electrons. The first-order valence-electron chi connectivity index (χ1n) is 6.98. The van der Waals surface area contributed by atoms with Crippen LogP contribution < -0.4 is 10.9 Å². The lowest BCUT2D eigenvalue weighted by molar-refractivity contribution is 0.195. The van der Waals surface area contributed by atoms with Gasteiger partial charge in [-0.1, -0.05) is 12.8 Å². The highest BCUT2D eigenvalue weighted by atomic mass is 79.9. The zero-order valence-corrected chi connectivity index (χ0v) is 13.4. The Morgan fingerprint density at radius 1 is 1.29 bits per heavy atom. The molecule has 0 amide bonds. The van der Waals surface area contributed by atoms with E-state index in [9.17, 15) is 5.21 Å². The highest BCUT2D eigenvalue weighted by Crippen LogP contribution is 2.29. The summed E-state index contributed by atoms with van der Waals surface area (Å²) in [5, 5.41) is 12.7. The van der Waals surface area contributed by atoms with Crippen molar-refractivity contribution in [1.82, 2.24) is 20.7 Å². The smallest absolute Gasteiger partial charge is 0.141 e. The van der Waals surface area contributed by atoms with Gasteiger partial charge in [-0.25, -0.2) is 15.7 Å². The largest absolute Gasteiger partial charge is 0.753 e. The molecule has 2 aromatic heterocycles. The van der Waals surface area contributed by atoms with Gasteiger partial charge in [0.15, 0.2) is 0 Å². The number of aromatic nitrogens is 2. The van der Waals surface area contributed by atoms with Gasteiger partial charge in [0.2, 0.25) is 0 Å². The molecule has 0 atom stereocenters. The fraction of sp³-hybridized carbons (Fsp3) is 0.429. The Morgan fingerprint density at radius 3 is 2.81 bits per heavy atom. The number of hydrogen-bond acceptors (Lipinski definition) is 6. The van der Waals surface area contributed by atoms with E-state index in [0.717, 1.165) is 41.2 Å². The second kappa shape index (κ2) is 5.84. The number of hydrogen-bond donors (Lipinski definition) is 2. The number of anilines is 1. The molecule has 0 radical (unpaired) electrons. The SMILES string of the molecule is CC1(NN([O-])Nc2ccc3ncc(Br)cc3n2)CCCC1. The van der Waals surface area contributed by atoms with Gasteiger partial charge in [0.05, 0.1) is 11.0 Å². The fourth-order valence-corrected chi connectivity index (χ4v) is 3.01. The zero-order valence-electron chi connectivity index (χ0n) is 11.8. The summed E-state index contributed by atoms with van der Waals surface area (Å²) in [6.07, 6.45) is 6.06. The molecule has 2 heterocycles. The standard InChI is InChI=1S/C14H17BrN5O/c1-14(6-2-3-7-14)19-20(21)18-13-5-4-11-12(17-13)8-10(15)9-16-11/h4-5,8-9,19H,2-3,6-7H2,1H3,(H,17,18)/q-1. The van der Waals surface area contributed by atoms with Crippen molar-refractivity contribution >= 4 is 32.8 Å². The summed E-state index contributed by atoms with van der Waals surface area (Å²) in [5.41, 5.74) is 7.07. The summed E-state index contributed by atoms with van der Waals surface area (Å²) in [6, 6.07) is 5.45. The lowest BCUT2D eigenvalue weighted by Crippen LogP contribution is -2.50. The Morgan fingerprint density at radius 2 is 2.05 bits per heavy atom.